The van der Waals surface area contributed by atoms with Crippen LogP contribution in [-0.2, 0) is 13.9 Å². The van der Waals surface area contributed by atoms with Gasteiger partial charge in [-0.1, -0.05) is 0 Å². The second-order valence-corrected chi connectivity index (χ2v) is 8.46. The zero-order valence-electron chi connectivity index (χ0n) is 37.2. The number of amides is 1. The monoisotopic (exact) mass is 598 g/mol. The number of pyridine rings is 1. The zero-order valence-corrected chi connectivity index (χ0v) is 20.1. The summed E-state index contributed by atoms with van der Waals surface area (Å²) in [6.07, 6.45) is -1.19. The first kappa shape index (κ1) is 13.4. The summed E-state index contributed by atoms with van der Waals surface area (Å²) in [5.74, 6) is -11.2. The lowest BCUT2D eigenvalue weighted by Gasteiger charge is -2.37. The molecule has 1 aromatic carbocycles. The Bertz CT molecular complexity index is 2080. The fourth-order valence-corrected chi connectivity index (χ4v) is 3.20. The number of nitrogens with one attached hydrogen (secondary N) is 2. The maximum absolute atomic E-state index is 15.3. The van der Waals surface area contributed by atoms with Crippen LogP contribution in [0, 0.1) is 5.82 Å². The number of nitrogens with zero attached hydrogens (tertiary/aromatic N) is 4. The van der Waals surface area contributed by atoms with Crippen LogP contribution in [0.1, 0.15) is 38.4 Å². The zero-order chi connectivity index (χ0) is 44.4. The molecular formula is C23H26FN6O9P. The van der Waals surface area contributed by atoms with Crippen LogP contribution in [0.15, 0.2) is 30.4 Å². The van der Waals surface area contributed by atoms with Gasteiger partial charge in [0, 0.05) is 26.0 Å². The van der Waals surface area contributed by atoms with Crippen molar-refractivity contribution >= 4 is 42.8 Å². The average Bonchev–Trinajstić information content (AvgIpc) is 2.96. The normalized spacial score (nSPS) is 22.8. The van der Waals surface area contributed by atoms with Crippen LogP contribution in [0.3, 0.4) is 0 Å². The number of aromatic nitrogens is 3. The minimum Gasteiger partial charge on any atom is -0.493 e. The molecule has 0 aliphatic carbocycles. The van der Waals surface area contributed by atoms with Gasteiger partial charge in [-0.15, -0.1) is 0 Å². The van der Waals surface area contributed by atoms with E-state index in [1.165, 1.54) is 0 Å². The second-order valence-electron chi connectivity index (χ2n) is 7.29. The molecule has 3 heterocycles. The van der Waals surface area contributed by atoms with Gasteiger partial charge in [-0.25, -0.2) is 18.9 Å². The summed E-state index contributed by atoms with van der Waals surface area (Å²) < 4.78 is 189. The fraction of sp³-hybridized carbons (Fsp3) is 0.304. The van der Waals surface area contributed by atoms with Gasteiger partial charge in [0.15, 0.2) is 40.3 Å². The molecule has 0 saturated heterocycles. The number of phosphoric acid groups is 1. The van der Waals surface area contributed by atoms with Gasteiger partial charge in [-0.3, -0.25) is 14.2 Å². The molecule has 4 N–H and O–H groups in total. The first-order chi connectivity index (χ1) is 25.9. The molecule has 0 spiro atoms. The lowest BCUT2D eigenvalue weighted by molar-refractivity contribution is -0.133. The van der Waals surface area contributed by atoms with Crippen LogP contribution in [0.25, 0.3) is 0 Å². The fourth-order valence-electron chi connectivity index (χ4n) is 3.01. The van der Waals surface area contributed by atoms with Gasteiger partial charge < -0.3 is 39.4 Å². The Morgan fingerprint density at radius 1 is 1.18 bits per heavy atom. The summed E-state index contributed by atoms with van der Waals surface area (Å²) in [6.45, 7) is -11.9. The van der Waals surface area contributed by atoms with Crippen molar-refractivity contribution in [2.45, 2.75) is 19.3 Å². The number of anilines is 5. The first-order valence-electron chi connectivity index (χ1n) is 19.1. The molecule has 2 aromatic heterocycles. The van der Waals surface area contributed by atoms with Crippen LogP contribution < -0.4 is 34.5 Å². The number of carbonyl (C=O) groups excluding carboxylic acids is 1. The standard InChI is InChI=1S/C23H26FN6O9P/c1-23(2)21(31)30(11-38-40(32,33)34)20-14(39-23)6-7-17(28-20)27-19-13(24)10-25-22(29-19)26-12-8-15(35-3)18(37-5)16(9-12)36-4/h6-10H,11H2,1-5H3,(H2,32,33,34)(H2,25,26,27,28,29)/i1D3,2D3,3D3,4D3,5D3,10D,11D2. The number of methoxy groups -OCH3 is 3. The van der Waals surface area contributed by atoms with E-state index in [1.807, 2.05) is 0 Å². The van der Waals surface area contributed by atoms with Crippen LogP contribution in [-0.4, -0.2) is 64.0 Å². The van der Waals surface area contributed by atoms with E-state index in [1.54, 1.807) is 0 Å². The van der Waals surface area contributed by atoms with E-state index in [9.17, 15) is 19.1 Å². The number of fused-ring (bicyclic) bond motifs is 1. The van der Waals surface area contributed by atoms with E-state index in [0.29, 0.717) is 6.07 Å². The highest BCUT2D eigenvalue weighted by Crippen LogP contribution is 2.42. The summed E-state index contributed by atoms with van der Waals surface area (Å²) in [5.41, 5.74) is -4.35. The van der Waals surface area contributed by atoms with E-state index < -0.39 is 130 Å². The largest absolute Gasteiger partial charge is 0.493 e. The minimum atomic E-state index is -5.90. The molecule has 3 aromatic rings. The quantitative estimate of drug-likeness (QED) is 0.249. The third-order valence-corrected chi connectivity index (χ3v) is 4.92. The maximum atomic E-state index is 15.3. The molecule has 1 aliphatic rings. The molecule has 0 saturated carbocycles. The van der Waals surface area contributed by atoms with Crippen LogP contribution >= 0.6 is 7.82 Å². The number of halogens is 1. The Labute approximate surface area is 252 Å². The molecule has 15 nitrogen and oxygen atoms in total. The van der Waals surface area contributed by atoms with Crippen molar-refractivity contribution in [3.05, 3.63) is 36.3 Å². The van der Waals surface area contributed by atoms with Crippen molar-refractivity contribution in [2.75, 3.05) is 43.3 Å². The lowest BCUT2D eigenvalue weighted by Crippen LogP contribution is -2.53. The van der Waals surface area contributed by atoms with E-state index in [-0.39, 0.29) is 0 Å². The van der Waals surface area contributed by atoms with Crippen molar-refractivity contribution < 1.29 is 71.7 Å². The number of ether oxygens (including phenoxy) is 4. The van der Waals surface area contributed by atoms with Gasteiger partial charge in [0.05, 0.1) is 43.7 Å². The van der Waals surface area contributed by atoms with Gasteiger partial charge >= 0.3 is 7.82 Å². The third kappa shape index (κ3) is 6.15. The van der Waals surface area contributed by atoms with E-state index in [4.69, 9.17) is 43.6 Å². The predicted octanol–water partition coefficient (Wildman–Crippen LogP) is 3.09. The number of hydrogen-bond donors (Lipinski definition) is 4. The summed E-state index contributed by atoms with van der Waals surface area (Å²) in [4.78, 5) is 43.1. The number of benzene rings is 1. The van der Waals surface area contributed by atoms with Gasteiger partial charge in [0.2, 0.25) is 11.7 Å². The molecule has 0 radical (unpaired) electrons. The molecule has 1 amide bonds. The topological polar surface area (TPSA) is 187 Å². The van der Waals surface area contributed by atoms with Crippen molar-refractivity contribution in [1.29, 1.82) is 0 Å². The van der Waals surface area contributed by atoms with Crippen LogP contribution in [0.2, 0.25) is 0 Å². The predicted molar refractivity (Wildman–Crippen MR) is 139 cm³/mol. The van der Waals surface area contributed by atoms with Crippen molar-refractivity contribution in [2.24, 2.45) is 0 Å². The number of rotatable bonds is 10. The van der Waals surface area contributed by atoms with E-state index in [0.717, 1.165) is 18.2 Å². The average molecular weight is 599 g/mol. The van der Waals surface area contributed by atoms with Crippen LogP contribution in [0.4, 0.5) is 33.5 Å². The molecular weight excluding hydrogens is 554 g/mol. The highest BCUT2D eigenvalue weighted by atomic mass is 31.2. The van der Waals surface area contributed by atoms with E-state index in [2.05, 4.69) is 30.1 Å². The molecule has 0 fully saturated rings. The van der Waals surface area contributed by atoms with Crippen molar-refractivity contribution in [3.63, 3.8) is 0 Å². The summed E-state index contributed by atoms with van der Waals surface area (Å²) in [5, 5.41) is 4.58. The molecule has 214 valence electrons. The first-order valence-corrected chi connectivity index (χ1v) is 11.6. The number of carbonyl (C=O) groups is 1. The molecule has 0 unspecified atom stereocenters. The van der Waals surface area contributed by atoms with Gasteiger partial charge in [-0.05, 0) is 25.8 Å². The SMILES string of the molecule is [2H]c1nc(Nc2cc(OC([2H])([2H])[2H])c(OC([2H])([2H])[2H])c(OC([2H])([2H])[2H])c2)nc(Nc2ccc3c(n2)N(C([2H])([2H])OP(=O)(O)O)C(=O)C(C([2H])([2H])[2H])(C([2H])([2H])[2H])O3)c1F. The second kappa shape index (κ2) is 11.1. The van der Waals surface area contributed by atoms with E-state index >= 15 is 4.39 Å². The van der Waals surface area contributed by atoms with Gasteiger partial charge in [0.25, 0.3) is 5.91 Å². The summed E-state index contributed by atoms with van der Waals surface area (Å²) in [6, 6.07) is 3.03. The molecule has 17 heteroatoms. The summed E-state index contributed by atoms with van der Waals surface area (Å²) in [7, 11) is -15.8. The van der Waals surface area contributed by atoms with Gasteiger partial charge in [-0.2, -0.15) is 4.98 Å². The minimum absolute atomic E-state index is 0.439. The van der Waals surface area contributed by atoms with Crippen molar-refractivity contribution in [1.82, 2.24) is 15.0 Å². The molecule has 1 aliphatic heterocycles. The Morgan fingerprint density at radius 3 is 2.55 bits per heavy atom. The molecule has 0 bridgehead atoms. The third-order valence-electron chi connectivity index (χ3n) is 4.60. The van der Waals surface area contributed by atoms with Crippen molar-refractivity contribution in [3.8, 4) is 23.0 Å². The molecule has 40 heavy (non-hydrogen) atoms. The lowest BCUT2D eigenvalue weighted by atomic mass is 10.1. The molecule has 0 atom stereocenters. The smallest absolute Gasteiger partial charge is 0.471 e. The Morgan fingerprint density at radius 2 is 1.90 bits per heavy atom. The maximum Gasteiger partial charge on any atom is 0.471 e. The highest BCUT2D eigenvalue weighted by molar-refractivity contribution is 7.46. The Hall–Kier alpha value is -4.24. The van der Waals surface area contributed by atoms with Crippen LogP contribution in [0.5, 0.6) is 23.0 Å². The summed E-state index contributed by atoms with van der Waals surface area (Å²) >= 11 is 0. The molecule has 4 rings (SSSR count). The Balaban J connectivity index is 1.85. The highest BCUT2D eigenvalue weighted by Gasteiger charge is 2.42. The number of hydrogen-bond acceptors (Lipinski definition) is 12. The Kier molecular flexibility index (Phi) is 3.72. The number of phosphoric ester groups is 1. The van der Waals surface area contributed by atoms with Gasteiger partial charge in [0.1, 0.15) is 12.5 Å².